The van der Waals surface area contributed by atoms with E-state index in [4.69, 9.17) is 4.74 Å². The van der Waals surface area contributed by atoms with Crippen molar-refractivity contribution in [2.45, 2.75) is 6.54 Å². The Labute approximate surface area is 122 Å². The summed E-state index contributed by atoms with van der Waals surface area (Å²) < 4.78 is 5.07. The Morgan fingerprint density at radius 3 is 2.62 bits per heavy atom. The van der Waals surface area contributed by atoms with Crippen LogP contribution >= 0.6 is 0 Å². The highest BCUT2D eigenvalue weighted by Gasteiger charge is 2.04. The van der Waals surface area contributed by atoms with E-state index in [-0.39, 0.29) is 5.75 Å². The van der Waals surface area contributed by atoms with Crippen molar-refractivity contribution < 1.29 is 9.84 Å². The number of phenols is 1. The molecule has 0 aliphatic heterocycles. The second-order valence-electron chi connectivity index (χ2n) is 4.61. The molecule has 0 aliphatic carbocycles. The highest BCUT2D eigenvalue weighted by Crippen LogP contribution is 2.24. The number of ether oxygens (including phenoxy) is 1. The van der Waals surface area contributed by atoms with Crippen LogP contribution in [0.15, 0.2) is 48.8 Å². The molecule has 0 saturated heterocycles. The topological polar surface area (TPSA) is 67.3 Å². The fourth-order valence-corrected chi connectivity index (χ4v) is 2.09. The largest absolute Gasteiger partial charge is 0.507 e. The molecule has 3 aromatic rings. The van der Waals surface area contributed by atoms with E-state index in [1.807, 2.05) is 30.3 Å². The van der Waals surface area contributed by atoms with E-state index in [0.717, 1.165) is 22.3 Å². The van der Waals surface area contributed by atoms with Gasteiger partial charge < -0.3 is 15.2 Å². The summed E-state index contributed by atoms with van der Waals surface area (Å²) in [5.41, 5.74) is 3.42. The molecule has 0 bridgehead atoms. The molecule has 0 saturated carbocycles. The molecule has 0 unspecified atom stereocenters. The van der Waals surface area contributed by atoms with Crippen LogP contribution in [-0.4, -0.2) is 22.2 Å². The first-order valence-electron chi connectivity index (χ1n) is 6.57. The van der Waals surface area contributed by atoms with E-state index in [2.05, 4.69) is 15.3 Å². The predicted molar refractivity (Wildman–Crippen MR) is 81.5 cm³/mol. The molecule has 5 nitrogen and oxygen atoms in total. The predicted octanol–water partition coefficient (Wildman–Crippen LogP) is 2.96. The highest BCUT2D eigenvalue weighted by atomic mass is 16.5. The fourth-order valence-electron chi connectivity index (χ4n) is 2.09. The van der Waals surface area contributed by atoms with Gasteiger partial charge in [-0.3, -0.25) is 9.97 Å². The number of nitrogens with zero attached hydrogens (tertiary/aromatic N) is 2. The maximum absolute atomic E-state index is 9.93. The lowest BCUT2D eigenvalue weighted by Crippen LogP contribution is -2.00. The maximum atomic E-state index is 9.93. The molecule has 2 N–H and O–H groups in total. The molecule has 3 rings (SSSR count). The molecule has 5 heteroatoms. The summed E-state index contributed by atoms with van der Waals surface area (Å²) in [6.45, 7) is 0.515. The van der Waals surface area contributed by atoms with Crippen molar-refractivity contribution in [2.75, 3.05) is 12.4 Å². The molecule has 21 heavy (non-hydrogen) atoms. The van der Waals surface area contributed by atoms with Gasteiger partial charge in [-0.15, -0.1) is 0 Å². The van der Waals surface area contributed by atoms with Gasteiger partial charge in [0.15, 0.2) is 0 Å². The Hall–Kier alpha value is -2.82. The van der Waals surface area contributed by atoms with Crippen LogP contribution in [-0.2, 0) is 6.54 Å². The van der Waals surface area contributed by atoms with Crippen LogP contribution in [0, 0.1) is 0 Å². The van der Waals surface area contributed by atoms with Crippen molar-refractivity contribution in [3.8, 4) is 11.5 Å². The van der Waals surface area contributed by atoms with Crippen LogP contribution in [0.25, 0.3) is 11.0 Å². The Bertz CT molecular complexity index is 774. The smallest absolute Gasteiger partial charge is 0.124 e. The Morgan fingerprint density at radius 2 is 1.86 bits per heavy atom. The molecular weight excluding hydrogens is 266 g/mol. The number of aromatic nitrogens is 2. The Kier molecular flexibility index (Phi) is 3.55. The molecule has 0 radical (unpaired) electrons. The lowest BCUT2D eigenvalue weighted by atomic mass is 10.2. The van der Waals surface area contributed by atoms with Crippen molar-refractivity contribution in [1.82, 2.24) is 9.97 Å². The summed E-state index contributed by atoms with van der Waals surface area (Å²) in [4.78, 5) is 8.50. The van der Waals surface area contributed by atoms with Gasteiger partial charge in [-0.25, -0.2) is 0 Å². The summed E-state index contributed by atoms with van der Waals surface area (Å²) in [7, 11) is 1.57. The molecule has 0 atom stereocenters. The first kappa shape index (κ1) is 13.2. The van der Waals surface area contributed by atoms with Gasteiger partial charge in [-0.05, 0) is 30.3 Å². The van der Waals surface area contributed by atoms with E-state index < -0.39 is 0 Å². The number of hydrogen-bond acceptors (Lipinski definition) is 5. The summed E-state index contributed by atoms with van der Waals surface area (Å²) >= 11 is 0. The first-order chi connectivity index (χ1) is 10.3. The number of hydrogen-bond donors (Lipinski definition) is 2. The number of nitrogens with one attached hydrogen (secondary N) is 1. The van der Waals surface area contributed by atoms with Crippen LogP contribution in [0.4, 0.5) is 5.69 Å². The highest BCUT2D eigenvalue weighted by molar-refractivity contribution is 5.78. The summed E-state index contributed by atoms with van der Waals surface area (Å²) in [6.07, 6.45) is 3.34. The van der Waals surface area contributed by atoms with Crippen LogP contribution in [0.1, 0.15) is 5.56 Å². The summed E-state index contributed by atoms with van der Waals surface area (Å²) in [5, 5.41) is 13.2. The Balaban J connectivity index is 1.77. The van der Waals surface area contributed by atoms with Gasteiger partial charge in [-0.2, -0.15) is 0 Å². The van der Waals surface area contributed by atoms with Crippen LogP contribution in [0.2, 0.25) is 0 Å². The number of rotatable bonds is 4. The molecule has 1 heterocycles. The summed E-state index contributed by atoms with van der Waals surface area (Å²) in [5.74, 6) is 0.847. The number of phenolic OH excluding ortho intramolecular Hbond substituents is 1. The minimum absolute atomic E-state index is 0.211. The second-order valence-corrected chi connectivity index (χ2v) is 4.61. The van der Waals surface area contributed by atoms with Crippen molar-refractivity contribution in [3.05, 3.63) is 54.4 Å². The van der Waals surface area contributed by atoms with E-state index in [1.54, 1.807) is 25.6 Å². The van der Waals surface area contributed by atoms with Crippen LogP contribution < -0.4 is 10.1 Å². The molecule has 0 amide bonds. The summed E-state index contributed by atoms with van der Waals surface area (Å²) in [6, 6.07) is 11.0. The average molecular weight is 281 g/mol. The zero-order chi connectivity index (χ0) is 14.7. The van der Waals surface area contributed by atoms with Gasteiger partial charge >= 0.3 is 0 Å². The molecule has 0 spiro atoms. The van der Waals surface area contributed by atoms with E-state index in [9.17, 15) is 5.11 Å². The molecule has 0 fully saturated rings. The minimum atomic E-state index is 0.211. The third kappa shape index (κ3) is 2.86. The maximum Gasteiger partial charge on any atom is 0.124 e. The molecule has 0 aliphatic rings. The standard InChI is InChI=1S/C16H15N3O2/c1-21-13-4-2-11(16(20)9-13)10-19-12-3-5-14-15(8-12)18-7-6-17-14/h2-9,19-20H,10H2,1H3. The van der Waals surface area contributed by atoms with Crippen LogP contribution in [0.3, 0.4) is 0 Å². The third-order valence-corrected chi connectivity index (χ3v) is 3.24. The van der Waals surface area contributed by atoms with Gasteiger partial charge in [0.1, 0.15) is 11.5 Å². The zero-order valence-corrected chi connectivity index (χ0v) is 11.6. The number of methoxy groups -OCH3 is 1. The third-order valence-electron chi connectivity index (χ3n) is 3.24. The second kappa shape index (κ2) is 5.66. The molecule has 2 aromatic carbocycles. The van der Waals surface area contributed by atoms with Crippen molar-refractivity contribution >= 4 is 16.7 Å². The number of anilines is 1. The van der Waals surface area contributed by atoms with Gasteiger partial charge in [0, 0.05) is 36.3 Å². The molecule has 106 valence electrons. The first-order valence-corrected chi connectivity index (χ1v) is 6.57. The normalized spacial score (nSPS) is 10.5. The van der Waals surface area contributed by atoms with E-state index in [0.29, 0.717) is 12.3 Å². The number of benzene rings is 2. The monoisotopic (exact) mass is 281 g/mol. The van der Waals surface area contributed by atoms with E-state index >= 15 is 0 Å². The van der Waals surface area contributed by atoms with Gasteiger partial charge in [0.05, 0.1) is 18.1 Å². The molecule has 1 aromatic heterocycles. The van der Waals surface area contributed by atoms with Gasteiger partial charge in [0.25, 0.3) is 0 Å². The van der Waals surface area contributed by atoms with Crippen molar-refractivity contribution in [3.63, 3.8) is 0 Å². The van der Waals surface area contributed by atoms with Crippen molar-refractivity contribution in [1.29, 1.82) is 0 Å². The fraction of sp³-hybridized carbons (Fsp3) is 0.125. The van der Waals surface area contributed by atoms with Crippen molar-refractivity contribution in [2.24, 2.45) is 0 Å². The SMILES string of the molecule is COc1ccc(CNc2ccc3nccnc3c2)c(O)c1. The minimum Gasteiger partial charge on any atom is -0.507 e. The zero-order valence-electron chi connectivity index (χ0n) is 11.6. The number of aromatic hydroxyl groups is 1. The quantitative estimate of drug-likeness (QED) is 0.769. The lowest BCUT2D eigenvalue weighted by molar-refractivity contribution is 0.406. The number of fused-ring (bicyclic) bond motifs is 1. The van der Waals surface area contributed by atoms with Crippen LogP contribution in [0.5, 0.6) is 11.5 Å². The van der Waals surface area contributed by atoms with Gasteiger partial charge in [-0.1, -0.05) is 0 Å². The Morgan fingerprint density at radius 1 is 1.05 bits per heavy atom. The molecular formula is C16H15N3O2. The average Bonchev–Trinajstić information content (AvgIpc) is 2.53. The van der Waals surface area contributed by atoms with E-state index in [1.165, 1.54) is 0 Å². The van der Waals surface area contributed by atoms with Gasteiger partial charge in [0.2, 0.25) is 0 Å². The lowest BCUT2D eigenvalue weighted by Gasteiger charge is -2.10.